The first-order chi connectivity index (χ1) is 9.61. The molecule has 2 aromatic carbocycles. The highest BCUT2D eigenvalue weighted by Crippen LogP contribution is 2.17. The highest BCUT2D eigenvalue weighted by molar-refractivity contribution is 6.31. The van der Waals surface area contributed by atoms with Crippen molar-refractivity contribution in [1.29, 1.82) is 0 Å². The van der Waals surface area contributed by atoms with Crippen LogP contribution in [0.15, 0.2) is 48.5 Å². The number of amides is 1. The lowest BCUT2D eigenvalue weighted by atomic mass is 10.1. The molecule has 0 fully saturated rings. The van der Waals surface area contributed by atoms with Crippen molar-refractivity contribution in [1.82, 2.24) is 5.32 Å². The van der Waals surface area contributed by atoms with Crippen LogP contribution in [0.3, 0.4) is 0 Å². The topological polar surface area (TPSA) is 49.3 Å². The van der Waals surface area contributed by atoms with Crippen molar-refractivity contribution in [2.24, 2.45) is 0 Å². The Morgan fingerprint density at radius 2 is 1.95 bits per heavy atom. The van der Waals surface area contributed by atoms with Crippen molar-refractivity contribution in [3.05, 3.63) is 70.2 Å². The first-order valence-electron chi connectivity index (χ1n) is 6.34. The molecule has 20 heavy (non-hydrogen) atoms. The van der Waals surface area contributed by atoms with Crippen LogP contribution in [0.5, 0.6) is 0 Å². The third-order valence-corrected chi connectivity index (χ3v) is 3.53. The summed E-state index contributed by atoms with van der Waals surface area (Å²) < 4.78 is 0. The molecule has 0 spiro atoms. The molecule has 0 heterocycles. The van der Waals surface area contributed by atoms with Gasteiger partial charge in [0.25, 0.3) is 5.91 Å². The fourth-order valence-electron chi connectivity index (χ4n) is 1.95. The van der Waals surface area contributed by atoms with Crippen LogP contribution in [0.1, 0.15) is 27.5 Å². The van der Waals surface area contributed by atoms with E-state index in [0.29, 0.717) is 10.6 Å². The molecule has 3 nitrogen and oxygen atoms in total. The number of aryl methyl sites for hydroxylation is 1. The van der Waals surface area contributed by atoms with Gasteiger partial charge in [0.1, 0.15) is 0 Å². The summed E-state index contributed by atoms with van der Waals surface area (Å²) in [7, 11) is 0. The van der Waals surface area contributed by atoms with E-state index in [2.05, 4.69) is 5.32 Å². The average molecular weight is 290 g/mol. The highest BCUT2D eigenvalue weighted by atomic mass is 35.5. The number of carbonyl (C=O) groups is 1. The maximum Gasteiger partial charge on any atom is 0.251 e. The van der Waals surface area contributed by atoms with Crippen molar-refractivity contribution < 1.29 is 9.90 Å². The zero-order valence-electron chi connectivity index (χ0n) is 11.1. The zero-order chi connectivity index (χ0) is 14.5. The predicted octanol–water partition coefficient (Wildman–Crippen LogP) is 3.11. The molecule has 104 valence electrons. The minimum atomic E-state index is -0.417. The second-order valence-corrected chi connectivity index (χ2v) is 4.99. The van der Waals surface area contributed by atoms with Crippen LogP contribution >= 0.6 is 11.6 Å². The average Bonchev–Trinajstić information content (AvgIpc) is 2.48. The highest BCUT2D eigenvalue weighted by Gasteiger charge is 2.15. The molecule has 0 aliphatic carbocycles. The summed E-state index contributed by atoms with van der Waals surface area (Å²) in [5, 5.41) is 12.9. The van der Waals surface area contributed by atoms with Crippen molar-refractivity contribution in [2.75, 3.05) is 6.61 Å². The SMILES string of the molecule is Cc1cc(C(=O)N[C@@H](CO)c2ccccc2)ccc1Cl. The number of benzene rings is 2. The third kappa shape index (κ3) is 3.38. The maximum atomic E-state index is 12.2. The second kappa shape index (κ2) is 6.55. The largest absolute Gasteiger partial charge is 0.394 e. The fraction of sp³-hybridized carbons (Fsp3) is 0.188. The molecular formula is C16H16ClNO2. The van der Waals surface area contributed by atoms with Gasteiger partial charge >= 0.3 is 0 Å². The number of hydrogen-bond donors (Lipinski definition) is 2. The molecule has 0 aromatic heterocycles. The molecule has 0 bridgehead atoms. The summed E-state index contributed by atoms with van der Waals surface area (Å²) in [5.41, 5.74) is 2.25. The number of halogens is 1. The quantitative estimate of drug-likeness (QED) is 0.908. The number of aliphatic hydroxyl groups excluding tert-OH is 1. The minimum absolute atomic E-state index is 0.150. The Morgan fingerprint density at radius 1 is 1.25 bits per heavy atom. The Hall–Kier alpha value is -1.84. The van der Waals surface area contributed by atoms with Crippen LogP contribution in [-0.2, 0) is 0 Å². The molecule has 0 aliphatic heterocycles. The molecule has 0 saturated carbocycles. The van der Waals surface area contributed by atoms with E-state index in [1.54, 1.807) is 18.2 Å². The van der Waals surface area contributed by atoms with Gasteiger partial charge in [-0.05, 0) is 36.2 Å². The molecular weight excluding hydrogens is 274 g/mol. The molecule has 1 atom stereocenters. The van der Waals surface area contributed by atoms with Gasteiger partial charge in [-0.2, -0.15) is 0 Å². The minimum Gasteiger partial charge on any atom is -0.394 e. The van der Waals surface area contributed by atoms with E-state index >= 15 is 0 Å². The molecule has 2 aromatic rings. The van der Waals surface area contributed by atoms with Crippen LogP contribution < -0.4 is 5.32 Å². The summed E-state index contributed by atoms with van der Waals surface area (Å²) in [6, 6.07) is 14.1. The summed E-state index contributed by atoms with van der Waals surface area (Å²) in [6.07, 6.45) is 0. The summed E-state index contributed by atoms with van der Waals surface area (Å²) in [6.45, 7) is 1.70. The molecule has 0 unspecified atom stereocenters. The van der Waals surface area contributed by atoms with Crippen molar-refractivity contribution in [2.45, 2.75) is 13.0 Å². The normalized spacial score (nSPS) is 11.9. The lowest BCUT2D eigenvalue weighted by Gasteiger charge is -2.17. The second-order valence-electron chi connectivity index (χ2n) is 4.58. The van der Waals surface area contributed by atoms with Gasteiger partial charge in [0.15, 0.2) is 0 Å². The van der Waals surface area contributed by atoms with E-state index in [9.17, 15) is 9.90 Å². The summed E-state index contributed by atoms with van der Waals surface area (Å²) in [5.74, 6) is -0.229. The monoisotopic (exact) mass is 289 g/mol. The lowest BCUT2D eigenvalue weighted by molar-refractivity contribution is 0.0916. The predicted molar refractivity (Wildman–Crippen MR) is 79.9 cm³/mol. The van der Waals surface area contributed by atoms with Crippen LogP contribution in [0, 0.1) is 6.92 Å². The molecule has 1 amide bonds. The molecule has 2 rings (SSSR count). The Morgan fingerprint density at radius 3 is 2.55 bits per heavy atom. The first-order valence-corrected chi connectivity index (χ1v) is 6.72. The van der Waals surface area contributed by atoms with Crippen molar-refractivity contribution >= 4 is 17.5 Å². The van der Waals surface area contributed by atoms with Gasteiger partial charge in [-0.3, -0.25) is 4.79 Å². The number of hydrogen-bond acceptors (Lipinski definition) is 2. The molecule has 0 saturated heterocycles. The number of nitrogens with one attached hydrogen (secondary N) is 1. The van der Waals surface area contributed by atoms with E-state index < -0.39 is 6.04 Å². The molecule has 2 N–H and O–H groups in total. The summed E-state index contributed by atoms with van der Waals surface area (Å²) in [4.78, 5) is 12.2. The van der Waals surface area contributed by atoms with Gasteiger partial charge in [0.2, 0.25) is 0 Å². The van der Waals surface area contributed by atoms with E-state index in [4.69, 9.17) is 11.6 Å². The van der Waals surface area contributed by atoms with Crippen molar-refractivity contribution in [3.63, 3.8) is 0 Å². The summed E-state index contributed by atoms with van der Waals surface area (Å²) >= 11 is 5.94. The first kappa shape index (κ1) is 14.6. The molecule has 0 radical (unpaired) electrons. The zero-order valence-corrected chi connectivity index (χ0v) is 11.9. The third-order valence-electron chi connectivity index (χ3n) is 3.11. The Bertz CT molecular complexity index is 599. The van der Waals surface area contributed by atoms with Crippen LogP contribution in [0.2, 0.25) is 5.02 Å². The van der Waals surface area contributed by atoms with E-state index in [1.807, 2.05) is 37.3 Å². The van der Waals surface area contributed by atoms with Crippen molar-refractivity contribution in [3.8, 4) is 0 Å². The Kier molecular flexibility index (Phi) is 4.77. The number of carbonyl (C=O) groups excluding carboxylic acids is 1. The van der Waals surface area contributed by atoms with E-state index in [0.717, 1.165) is 11.1 Å². The van der Waals surface area contributed by atoms with E-state index in [1.165, 1.54) is 0 Å². The van der Waals surface area contributed by atoms with Gasteiger partial charge in [-0.1, -0.05) is 41.9 Å². The standard InChI is InChI=1S/C16H16ClNO2/c1-11-9-13(7-8-14(11)17)16(20)18-15(10-19)12-5-3-2-4-6-12/h2-9,15,19H,10H2,1H3,(H,18,20)/t15-/m0/s1. The van der Waals surface area contributed by atoms with E-state index in [-0.39, 0.29) is 12.5 Å². The van der Waals surface area contributed by atoms with Gasteiger partial charge in [-0.25, -0.2) is 0 Å². The van der Waals surface area contributed by atoms with Gasteiger partial charge in [-0.15, -0.1) is 0 Å². The van der Waals surface area contributed by atoms with Gasteiger partial charge in [0.05, 0.1) is 12.6 Å². The maximum absolute atomic E-state index is 12.2. The molecule has 4 heteroatoms. The Balaban J connectivity index is 2.15. The van der Waals surface area contributed by atoms with Crippen LogP contribution in [0.25, 0.3) is 0 Å². The molecule has 0 aliphatic rings. The smallest absolute Gasteiger partial charge is 0.251 e. The van der Waals surface area contributed by atoms with Gasteiger partial charge < -0.3 is 10.4 Å². The Labute approximate surface area is 123 Å². The van der Waals surface area contributed by atoms with Crippen LogP contribution in [-0.4, -0.2) is 17.6 Å². The van der Waals surface area contributed by atoms with Gasteiger partial charge in [0, 0.05) is 10.6 Å². The number of rotatable bonds is 4. The lowest BCUT2D eigenvalue weighted by Crippen LogP contribution is -2.30. The van der Waals surface area contributed by atoms with Crippen LogP contribution in [0.4, 0.5) is 0 Å². The fourth-order valence-corrected chi connectivity index (χ4v) is 2.06. The number of aliphatic hydroxyl groups is 1.